The van der Waals surface area contributed by atoms with Gasteiger partial charge in [-0.3, -0.25) is 4.79 Å². The number of fused-ring (bicyclic) bond motifs is 1. The van der Waals surface area contributed by atoms with Crippen molar-refractivity contribution < 1.29 is 18.1 Å². The van der Waals surface area contributed by atoms with Crippen molar-refractivity contribution in [1.82, 2.24) is 0 Å². The Morgan fingerprint density at radius 2 is 2.13 bits per heavy atom. The van der Waals surface area contributed by atoms with E-state index in [2.05, 4.69) is 4.40 Å². The van der Waals surface area contributed by atoms with Gasteiger partial charge in [-0.1, -0.05) is 6.07 Å². The van der Waals surface area contributed by atoms with E-state index in [1.165, 1.54) is 12.1 Å². The normalized spacial score (nSPS) is 20.4. The fraction of sp³-hybridized carbons (Fsp3) is 0.529. The number of carbonyl (C=O) groups is 1. The Kier molecular flexibility index (Phi) is 5.34. The molecule has 4 nitrogen and oxygen atoms in total. The molecule has 0 radical (unpaired) electrons. The number of hydrogen-bond donors (Lipinski definition) is 0. The number of nitrogens with zero attached hydrogens (tertiary/aromatic N) is 1. The maximum Gasteiger partial charge on any atom is 0.306 e. The van der Waals surface area contributed by atoms with Crippen molar-refractivity contribution in [3.63, 3.8) is 0 Å². The largest absolute Gasteiger partial charge is 0.466 e. The number of rotatable bonds is 4. The van der Waals surface area contributed by atoms with Gasteiger partial charge in [-0.25, -0.2) is 8.60 Å². The van der Waals surface area contributed by atoms with Gasteiger partial charge in [0.2, 0.25) is 0 Å². The molecule has 6 heteroatoms. The maximum absolute atomic E-state index is 13.6. The first-order chi connectivity index (χ1) is 10.7. The topological polar surface area (TPSA) is 55.7 Å². The van der Waals surface area contributed by atoms with Crippen molar-refractivity contribution in [2.75, 3.05) is 6.61 Å². The second-order valence-electron chi connectivity index (χ2n) is 6.54. The van der Waals surface area contributed by atoms with Crippen LogP contribution in [0.4, 0.5) is 4.39 Å². The van der Waals surface area contributed by atoms with E-state index < -0.39 is 15.7 Å². The molecular weight excluding hydrogens is 317 g/mol. The molecule has 0 amide bonds. The molecule has 1 aromatic carbocycles. The van der Waals surface area contributed by atoms with Gasteiger partial charge in [-0.2, -0.15) is 4.40 Å². The van der Waals surface area contributed by atoms with Crippen LogP contribution in [0.1, 0.15) is 57.6 Å². The van der Waals surface area contributed by atoms with E-state index in [4.69, 9.17) is 4.74 Å². The van der Waals surface area contributed by atoms with Crippen LogP contribution >= 0.6 is 0 Å². The van der Waals surface area contributed by atoms with E-state index in [0.29, 0.717) is 24.3 Å². The molecule has 1 aliphatic carbocycles. The molecule has 23 heavy (non-hydrogen) atoms. The van der Waals surface area contributed by atoms with E-state index in [1.54, 1.807) is 13.0 Å². The van der Waals surface area contributed by atoms with Crippen LogP contribution in [0.2, 0.25) is 0 Å². The van der Waals surface area contributed by atoms with E-state index in [0.717, 1.165) is 5.56 Å². The fourth-order valence-corrected chi connectivity index (χ4v) is 3.16. The molecule has 2 rings (SSSR count). The third-order valence-electron chi connectivity index (χ3n) is 3.64. The van der Waals surface area contributed by atoms with Gasteiger partial charge in [0.15, 0.2) is 0 Å². The van der Waals surface area contributed by atoms with Gasteiger partial charge < -0.3 is 4.74 Å². The van der Waals surface area contributed by atoms with E-state index >= 15 is 0 Å². The lowest BCUT2D eigenvalue weighted by Gasteiger charge is -2.14. The molecule has 0 fully saturated rings. The molecule has 0 spiro atoms. The van der Waals surface area contributed by atoms with Gasteiger partial charge in [-0.15, -0.1) is 0 Å². The third-order valence-corrected chi connectivity index (χ3v) is 5.08. The Labute approximate surface area is 138 Å². The van der Waals surface area contributed by atoms with Gasteiger partial charge in [0.25, 0.3) is 0 Å². The van der Waals surface area contributed by atoms with Crippen molar-refractivity contribution in [3.8, 4) is 0 Å². The first-order valence-electron chi connectivity index (χ1n) is 7.67. The molecule has 0 aromatic heterocycles. The van der Waals surface area contributed by atoms with E-state index in [1.807, 2.05) is 20.8 Å². The monoisotopic (exact) mass is 339 g/mol. The molecule has 0 saturated heterocycles. The van der Waals surface area contributed by atoms with Crippen molar-refractivity contribution in [3.05, 3.63) is 35.1 Å². The molecular formula is C17H22FNO3S. The van der Waals surface area contributed by atoms with Gasteiger partial charge >= 0.3 is 5.97 Å². The fourth-order valence-electron chi connectivity index (χ4n) is 2.51. The lowest BCUT2D eigenvalue weighted by atomic mass is 9.98. The number of halogens is 1. The standard InChI is InChI=1S/C17H22FNO3S/c1-5-22-16(20)9-11-8-15(19-23(21)17(2,3)4)14-10-12(18)6-7-13(11)14/h6-7,10-11H,5,8-9H2,1-4H3/b19-15+/t11-,23-/m1/s1. The molecule has 0 saturated carbocycles. The van der Waals surface area contributed by atoms with E-state index in [9.17, 15) is 13.4 Å². The highest BCUT2D eigenvalue weighted by atomic mass is 32.2. The van der Waals surface area contributed by atoms with Crippen molar-refractivity contribution in [2.45, 2.75) is 51.2 Å². The highest BCUT2D eigenvalue weighted by molar-refractivity contribution is 7.85. The highest BCUT2D eigenvalue weighted by Crippen LogP contribution is 2.37. The Bertz CT molecular complexity index is 664. The first kappa shape index (κ1) is 17.8. The summed E-state index contributed by atoms with van der Waals surface area (Å²) in [6.07, 6.45) is 0.688. The summed E-state index contributed by atoms with van der Waals surface area (Å²) in [5, 5.41) is 0. The quantitative estimate of drug-likeness (QED) is 0.789. The number of esters is 1. The summed E-state index contributed by atoms with van der Waals surface area (Å²) >= 11 is 0. The van der Waals surface area contributed by atoms with Crippen LogP contribution in [-0.2, 0) is 20.5 Å². The van der Waals surface area contributed by atoms with Crippen LogP contribution in [0, 0.1) is 5.82 Å². The van der Waals surface area contributed by atoms with Gasteiger partial charge in [-0.05, 0) is 51.8 Å². The van der Waals surface area contributed by atoms with Crippen LogP contribution in [0.15, 0.2) is 22.6 Å². The number of benzene rings is 1. The molecule has 0 bridgehead atoms. The Hall–Kier alpha value is -1.56. The molecule has 1 aliphatic rings. The van der Waals surface area contributed by atoms with Crippen molar-refractivity contribution in [2.24, 2.45) is 4.40 Å². The summed E-state index contributed by atoms with van der Waals surface area (Å²) in [5.41, 5.74) is 2.11. The third kappa shape index (κ3) is 4.25. The molecule has 126 valence electrons. The molecule has 0 aliphatic heterocycles. The average Bonchev–Trinajstić information content (AvgIpc) is 2.75. The highest BCUT2D eigenvalue weighted by Gasteiger charge is 2.31. The van der Waals surface area contributed by atoms with Crippen LogP contribution < -0.4 is 0 Å². The predicted octanol–water partition coefficient (Wildman–Crippen LogP) is 3.52. The van der Waals surface area contributed by atoms with Crippen molar-refractivity contribution in [1.29, 1.82) is 0 Å². The summed E-state index contributed by atoms with van der Waals surface area (Å²) in [7, 11) is -1.42. The predicted molar refractivity (Wildman–Crippen MR) is 89.4 cm³/mol. The number of ether oxygens (including phenoxy) is 1. The second-order valence-corrected chi connectivity index (χ2v) is 8.45. The minimum Gasteiger partial charge on any atom is -0.466 e. The van der Waals surface area contributed by atoms with E-state index in [-0.39, 0.29) is 24.1 Å². The summed E-state index contributed by atoms with van der Waals surface area (Å²) in [4.78, 5) is 11.8. The summed E-state index contributed by atoms with van der Waals surface area (Å²) in [6, 6.07) is 4.46. The first-order valence-corrected chi connectivity index (χ1v) is 8.78. The SMILES string of the molecule is CCOC(=O)C[C@H]1C/C(=N\[S@](=O)C(C)(C)C)c2cc(F)ccc21. The smallest absolute Gasteiger partial charge is 0.306 e. The van der Waals surface area contributed by atoms with Gasteiger partial charge in [0.1, 0.15) is 16.8 Å². The maximum atomic E-state index is 13.6. The Morgan fingerprint density at radius 3 is 2.74 bits per heavy atom. The number of carbonyl (C=O) groups excluding carboxylic acids is 1. The Balaban J connectivity index is 2.34. The molecule has 0 unspecified atom stereocenters. The minimum absolute atomic E-state index is 0.111. The van der Waals surface area contributed by atoms with Crippen LogP contribution in [-0.4, -0.2) is 27.2 Å². The molecule has 2 atom stereocenters. The van der Waals surface area contributed by atoms with Crippen LogP contribution in [0.25, 0.3) is 0 Å². The van der Waals surface area contributed by atoms with Gasteiger partial charge in [0, 0.05) is 11.5 Å². The number of hydrogen-bond acceptors (Lipinski definition) is 3. The summed E-state index contributed by atoms with van der Waals surface area (Å²) in [6.45, 7) is 7.60. The second kappa shape index (κ2) is 6.91. The summed E-state index contributed by atoms with van der Waals surface area (Å²) in [5.74, 6) is -0.763. The molecule has 0 heterocycles. The van der Waals surface area contributed by atoms with Gasteiger partial charge in [0.05, 0.1) is 23.5 Å². The zero-order chi connectivity index (χ0) is 17.2. The average molecular weight is 339 g/mol. The molecule has 1 aromatic rings. The lowest BCUT2D eigenvalue weighted by molar-refractivity contribution is -0.143. The molecule has 0 N–H and O–H groups in total. The zero-order valence-electron chi connectivity index (χ0n) is 13.9. The summed E-state index contributed by atoms with van der Waals surface area (Å²) < 4.78 is 34.7. The Morgan fingerprint density at radius 1 is 1.43 bits per heavy atom. The lowest BCUT2D eigenvalue weighted by Crippen LogP contribution is -2.20. The van der Waals surface area contributed by atoms with Crippen LogP contribution in [0.5, 0.6) is 0 Å². The zero-order valence-corrected chi connectivity index (χ0v) is 14.7. The van der Waals surface area contributed by atoms with Crippen molar-refractivity contribution >= 4 is 22.7 Å². The minimum atomic E-state index is -1.42. The van der Waals surface area contributed by atoms with Crippen LogP contribution in [0.3, 0.4) is 0 Å².